The average molecular weight is 643 g/mol. The van der Waals surface area contributed by atoms with Crippen molar-refractivity contribution in [1.82, 2.24) is 4.48 Å². The summed E-state index contributed by atoms with van der Waals surface area (Å²) in [4.78, 5) is 0. The maximum Gasteiger partial charge on any atom is 0.737 e. The van der Waals surface area contributed by atoms with Gasteiger partial charge in [-0.05, 0) is 67.1 Å². The number of benzene rings is 1. The molecule has 4 heterocycles. The van der Waals surface area contributed by atoms with E-state index in [1.165, 1.54) is 8.96 Å². The molecule has 10 heteroatoms. The summed E-state index contributed by atoms with van der Waals surface area (Å²) >= 11 is 0. The lowest BCUT2D eigenvalue weighted by Gasteiger charge is -2.37. The van der Waals surface area contributed by atoms with Crippen LogP contribution in [0.1, 0.15) is 72.5 Å². The smallest absolute Gasteiger partial charge is 0.487 e. The van der Waals surface area contributed by atoms with E-state index in [4.69, 9.17) is 23.7 Å². The molecule has 4 unspecified atom stereocenters. The third-order valence-electron chi connectivity index (χ3n) is 11.3. The lowest BCUT2D eigenvalue weighted by Crippen LogP contribution is -2.51. The molecule has 1 aromatic carbocycles. The number of hydrogen-bond donors (Lipinski definition) is 0. The van der Waals surface area contributed by atoms with Crippen LogP contribution in [-0.2, 0) is 14.2 Å². The molecule has 246 valence electrons. The van der Waals surface area contributed by atoms with Crippen LogP contribution in [0, 0.1) is 18.8 Å². The monoisotopic (exact) mass is 642 g/mol. The number of aromatic nitrogens is 1. The summed E-state index contributed by atoms with van der Waals surface area (Å²) in [5, 5.41) is 0. The van der Waals surface area contributed by atoms with Gasteiger partial charge in [0.2, 0.25) is 0 Å². The highest BCUT2D eigenvalue weighted by molar-refractivity contribution is 6.58. The first-order chi connectivity index (χ1) is 22.9. The van der Waals surface area contributed by atoms with Crippen LogP contribution in [0.15, 0.2) is 59.3 Å². The van der Waals surface area contributed by atoms with Gasteiger partial charge in [0.15, 0.2) is 17.2 Å². The molecule has 3 aliphatic heterocycles. The zero-order valence-electron chi connectivity index (χ0n) is 27.1. The van der Waals surface area contributed by atoms with E-state index >= 15 is 8.63 Å². The van der Waals surface area contributed by atoms with E-state index in [0.29, 0.717) is 87.2 Å². The molecule has 0 radical (unpaired) electrons. The van der Waals surface area contributed by atoms with Crippen LogP contribution in [-0.4, -0.2) is 74.5 Å². The number of hydrogen-bond acceptors (Lipinski definition) is 5. The summed E-state index contributed by atoms with van der Waals surface area (Å²) in [7, 11) is 0. The van der Waals surface area contributed by atoms with Crippen LogP contribution in [0.25, 0.3) is 5.57 Å². The first-order valence-electron chi connectivity index (χ1n) is 17.3. The topological polar surface area (TPSA) is 54.1 Å². The molecule has 11 rings (SSSR count). The molecule has 0 spiro atoms. The Morgan fingerprint density at radius 3 is 1.87 bits per heavy atom. The van der Waals surface area contributed by atoms with E-state index in [2.05, 4.69) is 24.3 Å². The Labute approximate surface area is 274 Å². The number of allylic oxidation sites excluding steroid dienone is 6. The minimum Gasteiger partial charge on any atom is -0.487 e. The van der Waals surface area contributed by atoms with Gasteiger partial charge in [-0.25, -0.2) is 0 Å². The molecule has 4 atom stereocenters. The van der Waals surface area contributed by atoms with Crippen molar-refractivity contribution in [3.05, 3.63) is 87.4 Å². The molecule has 4 bridgehead atoms. The molecular formula is C37H41BF2N2O5. The van der Waals surface area contributed by atoms with Gasteiger partial charge in [-0.3, -0.25) is 0 Å². The third kappa shape index (κ3) is 4.43. The van der Waals surface area contributed by atoms with Gasteiger partial charge in [-0.15, -0.1) is 0 Å². The predicted molar refractivity (Wildman–Crippen MR) is 176 cm³/mol. The van der Waals surface area contributed by atoms with Gasteiger partial charge in [-0.1, -0.05) is 30.4 Å². The fraction of sp³-hybridized carbons (Fsp3) is 0.486. The van der Waals surface area contributed by atoms with Gasteiger partial charge in [0.25, 0.3) is 0 Å². The summed E-state index contributed by atoms with van der Waals surface area (Å²) in [6.45, 7) is 3.13. The molecule has 2 aromatic rings. The quantitative estimate of drug-likeness (QED) is 0.262. The van der Waals surface area contributed by atoms with Crippen molar-refractivity contribution in [2.45, 2.75) is 51.4 Å². The summed E-state index contributed by atoms with van der Waals surface area (Å²) in [6, 6.07) is 5.95. The van der Waals surface area contributed by atoms with Crippen LogP contribution in [0.4, 0.5) is 8.63 Å². The van der Waals surface area contributed by atoms with Crippen LogP contribution < -0.4 is 9.47 Å². The second-order valence-corrected chi connectivity index (χ2v) is 13.8. The molecule has 7 nitrogen and oxygen atoms in total. The molecule has 0 N–H and O–H groups in total. The normalized spacial score (nSPS) is 29.4. The second-order valence-electron chi connectivity index (χ2n) is 13.8. The Morgan fingerprint density at radius 1 is 0.681 bits per heavy atom. The van der Waals surface area contributed by atoms with Crippen molar-refractivity contribution in [3.63, 3.8) is 0 Å². The maximum absolute atomic E-state index is 17.4. The summed E-state index contributed by atoms with van der Waals surface area (Å²) in [5.41, 5.74) is 8.91. The van der Waals surface area contributed by atoms with E-state index in [0.717, 1.165) is 59.1 Å². The second kappa shape index (κ2) is 11.3. The minimum atomic E-state index is -4.13. The van der Waals surface area contributed by atoms with Gasteiger partial charge in [0.05, 0.1) is 45.2 Å². The van der Waals surface area contributed by atoms with E-state index in [9.17, 15) is 0 Å². The van der Waals surface area contributed by atoms with Crippen molar-refractivity contribution >= 4 is 18.3 Å². The average Bonchev–Trinajstić information content (AvgIpc) is 3.60. The van der Waals surface area contributed by atoms with Gasteiger partial charge in [-0.2, -0.15) is 0 Å². The van der Waals surface area contributed by atoms with E-state index < -0.39 is 6.97 Å². The molecule has 0 saturated heterocycles. The van der Waals surface area contributed by atoms with Crippen LogP contribution >= 0.6 is 0 Å². The fourth-order valence-corrected chi connectivity index (χ4v) is 9.43. The molecule has 6 aliphatic carbocycles. The molecular weight excluding hydrogens is 601 g/mol. The van der Waals surface area contributed by atoms with Gasteiger partial charge < -0.3 is 41.3 Å². The summed E-state index contributed by atoms with van der Waals surface area (Å²) in [6.07, 6.45) is 13.0. The lowest BCUT2D eigenvalue weighted by atomic mass is 9.68. The highest BCUT2D eigenvalue weighted by Gasteiger charge is 2.60. The van der Waals surface area contributed by atoms with Crippen LogP contribution in [0.5, 0.6) is 11.5 Å². The number of nitrogens with zero attached hydrogens (tertiary/aromatic N) is 2. The number of rotatable bonds is 1. The Bertz CT molecular complexity index is 1820. The number of halogens is 2. The minimum absolute atomic E-state index is 0.128. The standard InChI is InChI=1S/C37H41BF2N2O5/c1-22-31-24-3-7-26(8-4-24)33(31)36-35(28-11-12-29-30(21-28)47-20-18-45-16-14-43-13-15-44-17-19-46-29)37-34-27-9-5-25(6-10-27)32(34)23(2)42(37)38(39,40)41(22)36/h3,5,7,9,11-12,21,24-27H,4,6,8,10,13-20H2,1-2H3. The van der Waals surface area contributed by atoms with Gasteiger partial charge in [0, 0.05) is 47.4 Å². The Kier molecular flexibility index (Phi) is 7.14. The van der Waals surface area contributed by atoms with Crippen LogP contribution in [0.3, 0.4) is 0 Å². The van der Waals surface area contributed by atoms with Crippen molar-refractivity contribution in [2.75, 3.05) is 52.9 Å². The zero-order chi connectivity index (χ0) is 31.9. The maximum atomic E-state index is 17.4. The predicted octanol–water partition coefficient (Wildman–Crippen LogP) is 6.52. The van der Waals surface area contributed by atoms with Gasteiger partial charge >= 0.3 is 6.97 Å². The van der Waals surface area contributed by atoms with E-state index in [1.807, 2.05) is 32.0 Å². The first kappa shape index (κ1) is 29.7. The molecule has 9 aliphatic rings. The summed E-state index contributed by atoms with van der Waals surface area (Å²) < 4.78 is 67.1. The molecule has 47 heavy (non-hydrogen) atoms. The Hall–Kier alpha value is -3.47. The van der Waals surface area contributed by atoms with Crippen molar-refractivity contribution in [1.29, 1.82) is 0 Å². The fourth-order valence-electron chi connectivity index (χ4n) is 9.43. The molecule has 0 fully saturated rings. The SMILES string of the molecule is CC1=[N+]2C(=C(c3ccc4c(c3)OCCOCCOCCOCCO4)c3c4c(c(C)n3[B-]2(F)F)C2C=CC4CC2)C2=C1C1C=CC2CC1. The highest BCUT2D eigenvalue weighted by Crippen LogP contribution is 2.58. The summed E-state index contributed by atoms with van der Waals surface area (Å²) in [5.74, 6) is 1.77. The Balaban J connectivity index is 1.25. The van der Waals surface area contributed by atoms with E-state index in [-0.39, 0.29) is 23.7 Å². The molecule has 0 saturated carbocycles. The van der Waals surface area contributed by atoms with Gasteiger partial charge in [0.1, 0.15) is 18.9 Å². The first-order valence-corrected chi connectivity index (χ1v) is 17.3. The van der Waals surface area contributed by atoms with Crippen molar-refractivity contribution < 1.29 is 36.8 Å². The van der Waals surface area contributed by atoms with Crippen molar-refractivity contribution in [2.24, 2.45) is 11.8 Å². The number of fused-ring (bicyclic) bond motifs is 5. The highest BCUT2D eigenvalue weighted by atomic mass is 19.2. The number of ether oxygens (including phenoxy) is 5. The van der Waals surface area contributed by atoms with E-state index in [1.54, 1.807) is 0 Å². The largest absolute Gasteiger partial charge is 0.737 e. The van der Waals surface area contributed by atoms with Crippen molar-refractivity contribution in [3.8, 4) is 11.5 Å². The molecule has 0 amide bonds. The van der Waals surface area contributed by atoms with Crippen LogP contribution in [0.2, 0.25) is 0 Å². The molecule has 1 aromatic heterocycles. The zero-order valence-corrected chi connectivity index (χ0v) is 27.1. The third-order valence-corrected chi connectivity index (χ3v) is 11.3. The lowest BCUT2D eigenvalue weighted by molar-refractivity contribution is -0.364. The Morgan fingerprint density at radius 2 is 1.23 bits per heavy atom.